The lowest BCUT2D eigenvalue weighted by Gasteiger charge is -2.26. The van der Waals surface area contributed by atoms with Gasteiger partial charge in [0.1, 0.15) is 17.2 Å². The molecule has 2 aliphatic rings. The zero-order chi connectivity index (χ0) is 24.7. The number of hydrogen-bond acceptors (Lipinski definition) is 7. The van der Waals surface area contributed by atoms with Crippen molar-refractivity contribution in [3.8, 4) is 0 Å². The van der Waals surface area contributed by atoms with E-state index in [1.54, 1.807) is 6.20 Å². The number of aliphatic hydroxyl groups is 2. The summed E-state index contributed by atoms with van der Waals surface area (Å²) < 4.78 is 29.8. The molecule has 0 aliphatic heterocycles. The summed E-state index contributed by atoms with van der Waals surface area (Å²) in [6, 6.07) is 3.55. The van der Waals surface area contributed by atoms with Gasteiger partial charge in [0.15, 0.2) is 5.65 Å². The lowest BCUT2D eigenvalue weighted by molar-refractivity contribution is 0.0186. The van der Waals surface area contributed by atoms with Gasteiger partial charge in [-0.2, -0.15) is 4.98 Å². The van der Waals surface area contributed by atoms with E-state index in [-0.39, 0.29) is 29.8 Å². The minimum atomic E-state index is -0.810. The Hall–Kier alpha value is -2.85. The standard InChI is InChI=1S/C25H32F2N6O2/c1-25(2,35)14-3-7-17(11-14)33-22-21(31-24(33)30-20-10-4-15(26)12-19(20)27)13-28-23(32-22)29-16-5-8-18(34)9-6-16/h4,10,12-14,16-18,34-35H,3,5-9,11H2,1-2H3,(H,30,31)(H,28,29,32)/t14?,16-,17-,18-/m0/s1. The van der Waals surface area contributed by atoms with Crippen LogP contribution in [0.4, 0.5) is 26.4 Å². The summed E-state index contributed by atoms with van der Waals surface area (Å²) in [5.41, 5.74) is 0.484. The molecule has 2 aliphatic carbocycles. The average molecular weight is 487 g/mol. The minimum absolute atomic E-state index is 0.00462. The summed E-state index contributed by atoms with van der Waals surface area (Å²) in [6.07, 6.45) is 6.96. The zero-order valence-electron chi connectivity index (χ0n) is 20.0. The fourth-order valence-electron chi connectivity index (χ4n) is 5.34. The molecule has 2 aromatic heterocycles. The Morgan fingerprint density at radius 1 is 1.06 bits per heavy atom. The number of fused-ring (bicyclic) bond motifs is 1. The van der Waals surface area contributed by atoms with Gasteiger partial charge in [-0.05, 0) is 76.8 Å². The first-order chi connectivity index (χ1) is 16.7. The van der Waals surface area contributed by atoms with Gasteiger partial charge in [-0.3, -0.25) is 4.57 Å². The molecular weight excluding hydrogens is 454 g/mol. The third-order valence-electron chi connectivity index (χ3n) is 7.41. The predicted molar refractivity (Wildman–Crippen MR) is 130 cm³/mol. The number of aliphatic hydroxyl groups excluding tert-OH is 1. The molecule has 2 saturated carbocycles. The Bertz CT molecular complexity index is 1200. The topological polar surface area (TPSA) is 108 Å². The number of rotatable bonds is 6. The largest absolute Gasteiger partial charge is 0.393 e. The van der Waals surface area contributed by atoms with Crippen molar-refractivity contribution in [3.05, 3.63) is 36.0 Å². The lowest BCUT2D eigenvalue weighted by atomic mass is 9.89. The number of nitrogens with zero attached hydrogens (tertiary/aromatic N) is 4. The van der Waals surface area contributed by atoms with E-state index in [0.717, 1.165) is 51.0 Å². The second kappa shape index (κ2) is 9.31. The van der Waals surface area contributed by atoms with Crippen LogP contribution in [0.2, 0.25) is 0 Å². The Kier molecular flexibility index (Phi) is 6.35. The van der Waals surface area contributed by atoms with Crippen LogP contribution in [-0.2, 0) is 0 Å². The molecule has 1 aromatic carbocycles. The van der Waals surface area contributed by atoms with Gasteiger partial charge in [-0.15, -0.1) is 0 Å². The van der Waals surface area contributed by atoms with Crippen molar-refractivity contribution in [2.45, 2.75) is 82.6 Å². The zero-order valence-corrected chi connectivity index (χ0v) is 20.0. The Morgan fingerprint density at radius 2 is 1.83 bits per heavy atom. The smallest absolute Gasteiger partial charge is 0.224 e. The molecule has 2 atom stereocenters. The summed E-state index contributed by atoms with van der Waals surface area (Å²) >= 11 is 0. The van der Waals surface area contributed by atoms with E-state index in [2.05, 4.69) is 20.6 Å². The number of hydrogen-bond donors (Lipinski definition) is 4. The highest BCUT2D eigenvalue weighted by atomic mass is 19.1. The maximum absolute atomic E-state index is 14.4. The van der Waals surface area contributed by atoms with E-state index < -0.39 is 17.2 Å². The van der Waals surface area contributed by atoms with Crippen LogP contribution in [-0.4, -0.2) is 47.5 Å². The normalized spacial score (nSPS) is 25.2. The van der Waals surface area contributed by atoms with Crippen LogP contribution in [0.25, 0.3) is 11.2 Å². The van der Waals surface area contributed by atoms with Crippen molar-refractivity contribution in [1.29, 1.82) is 0 Å². The van der Waals surface area contributed by atoms with Gasteiger partial charge in [0.2, 0.25) is 11.9 Å². The van der Waals surface area contributed by atoms with Gasteiger partial charge in [-0.1, -0.05) is 0 Å². The van der Waals surface area contributed by atoms with Gasteiger partial charge in [0.25, 0.3) is 0 Å². The Morgan fingerprint density at radius 3 is 2.51 bits per heavy atom. The summed E-state index contributed by atoms with van der Waals surface area (Å²) in [5, 5.41) is 26.8. The van der Waals surface area contributed by atoms with Gasteiger partial charge < -0.3 is 20.8 Å². The van der Waals surface area contributed by atoms with Gasteiger partial charge in [-0.25, -0.2) is 18.7 Å². The first-order valence-corrected chi connectivity index (χ1v) is 12.3. The molecule has 8 nitrogen and oxygen atoms in total. The van der Waals surface area contributed by atoms with Gasteiger partial charge in [0.05, 0.1) is 23.6 Å². The van der Waals surface area contributed by atoms with Crippen molar-refractivity contribution in [2.75, 3.05) is 10.6 Å². The van der Waals surface area contributed by atoms with Crippen molar-refractivity contribution >= 4 is 28.7 Å². The molecule has 35 heavy (non-hydrogen) atoms. The van der Waals surface area contributed by atoms with Gasteiger partial charge >= 0.3 is 0 Å². The molecular formula is C25H32F2N6O2. The quantitative estimate of drug-likeness (QED) is 0.401. The fourth-order valence-corrected chi connectivity index (χ4v) is 5.34. The molecule has 2 heterocycles. The Labute approximate surface area is 202 Å². The van der Waals surface area contributed by atoms with E-state index in [9.17, 15) is 19.0 Å². The molecule has 0 saturated heterocycles. The van der Waals surface area contributed by atoms with Crippen molar-refractivity contribution in [2.24, 2.45) is 5.92 Å². The van der Waals surface area contributed by atoms with Crippen molar-refractivity contribution < 1.29 is 19.0 Å². The maximum atomic E-state index is 14.4. The van der Waals surface area contributed by atoms with Crippen molar-refractivity contribution in [1.82, 2.24) is 19.5 Å². The van der Waals surface area contributed by atoms with Crippen LogP contribution in [0, 0.1) is 17.6 Å². The highest BCUT2D eigenvalue weighted by Crippen LogP contribution is 2.43. The maximum Gasteiger partial charge on any atom is 0.224 e. The van der Waals surface area contributed by atoms with E-state index in [1.165, 1.54) is 12.1 Å². The molecule has 1 unspecified atom stereocenters. The molecule has 3 aromatic rings. The molecule has 0 amide bonds. The van der Waals surface area contributed by atoms with Crippen LogP contribution >= 0.6 is 0 Å². The fraction of sp³-hybridized carbons (Fsp3) is 0.560. The van der Waals surface area contributed by atoms with Crippen LogP contribution in [0.5, 0.6) is 0 Å². The molecule has 4 N–H and O–H groups in total. The highest BCUT2D eigenvalue weighted by molar-refractivity contribution is 5.76. The Balaban J connectivity index is 1.50. The number of anilines is 3. The third kappa shape index (κ3) is 5.08. The number of benzene rings is 1. The number of nitrogens with one attached hydrogen (secondary N) is 2. The molecule has 0 radical (unpaired) electrons. The first kappa shape index (κ1) is 23.9. The number of imidazole rings is 1. The molecule has 0 bridgehead atoms. The third-order valence-corrected chi connectivity index (χ3v) is 7.41. The molecule has 2 fully saturated rings. The predicted octanol–water partition coefficient (Wildman–Crippen LogP) is 4.68. The minimum Gasteiger partial charge on any atom is -0.393 e. The second-order valence-electron chi connectivity index (χ2n) is 10.4. The first-order valence-electron chi connectivity index (χ1n) is 12.3. The van der Waals surface area contributed by atoms with Crippen LogP contribution < -0.4 is 10.6 Å². The molecule has 10 heteroatoms. The van der Waals surface area contributed by atoms with Crippen LogP contribution in [0.3, 0.4) is 0 Å². The van der Waals surface area contributed by atoms with Gasteiger partial charge in [0, 0.05) is 18.2 Å². The number of aromatic nitrogens is 4. The SMILES string of the molecule is CC(C)(O)C1CC[C@H](n2c(Nc3ccc(F)cc3F)nc3cnc(N[C@H]4CC[C@H](O)CC4)nc32)C1. The second-order valence-corrected chi connectivity index (χ2v) is 10.4. The van der Waals surface area contributed by atoms with Crippen LogP contribution in [0.1, 0.15) is 64.8 Å². The lowest BCUT2D eigenvalue weighted by Crippen LogP contribution is -2.29. The summed E-state index contributed by atoms with van der Waals surface area (Å²) in [4.78, 5) is 13.9. The van der Waals surface area contributed by atoms with E-state index in [1.807, 2.05) is 18.4 Å². The van der Waals surface area contributed by atoms with E-state index in [0.29, 0.717) is 23.1 Å². The molecule has 188 valence electrons. The average Bonchev–Trinajstić information content (AvgIpc) is 3.41. The summed E-state index contributed by atoms with van der Waals surface area (Å²) in [5.74, 6) is -0.372. The van der Waals surface area contributed by atoms with E-state index in [4.69, 9.17) is 4.98 Å². The number of halogens is 2. The highest BCUT2D eigenvalue weighted by Gasteiger charge is 2.37. The summed E-state index contributed by atoms with van der Waals surface area (Å²) in [6.45, 7) is 3.65. The monoisotopic (exact) mass is 486 g/mol. The molecule has 5 rings (SSSR count). The van der Waals surface area contributed by atoms with E-state index >= 15 is 0 Å². The molecule has 0 spiro atoms. The summed E-state index contributed by atoms with van der Waals surface area (Å²) in [7, 11) is 0. The van der Waals surface area contributed by atoms with Crippen molar-refractivity contribution in [3.63, 3.8) is 0 Å². The van der Waals surface area contributed by atoms with Crippen LogP contribution in [0.15, 0.2) is 24.4 Å².